The lowest BCUT2D eigenvalue weighted by Gasteiger charge is -2.38. The van der Waals surface area contributed by atoms with E-state index in [1.54, 1.807) is 0 Å². The van der Waals surface area contributed by atoms with Gasteiger partial charge in [0.1, 0.15) is 0 Å². The molecule has 4 atom stereocenters. The minimum Gasteiger partial charge on any atom is -0.393 e. The third-order valence-corrected chi connectivity index (χ3v) is 4.84. The van der Waals surface area contributed by atoms with Crippen molar-refractivity contribution in [3.63, 3.8) is 0 Å². The van der Waals surface area contributed by atoms with Crippen LogP contribution in [0.25, 0.3) is 0 Å². The van der Waals surface area contributed by atoms with E-state index < -0.39 is 0 Å². The lowest BCUT2D eigenvalue weighted by molar-refractivity contribution is 0.0811. The summed E-state index contributed by atoms with van der Waals surface area (Å²) < 4.78 is 0. The third-order valence-electron chi connectivity index (χ3n) is 4.84. The van der Waals surface area contributed by atoms with E-state index in [1.165, 1.54) is 51.5 Å². The molecule has 0 amide bonds. The quantitative estimate of drug-likeness (QED) is 0.814. The first kappa shape index (κ1) is 13.4. The van der Waals surface area contributed by atoms with Crippen LogP contribution in [0.2, 0.25) is 0 Å². The van der Waals surface area contributed by atoms with E-state index in [9.17, 15) is 5.11 Å². The molecule has 1 N–H and O–H groups in total. The number of hydrogen-bond donors (Lipinski definition) is 1. The van der Waals surface area contributed by atoms with Gasteiger partial charge in [-0.1, -0.05) is 26.2 Å². The number of aliphatic hydroxyl groups is 1. The van der Waals surface area contributed by atoms with Crippen LogP contribution in [0.5, 0.6) is 0 Å². The fourth-order valence-corrected chi connectivity index (χ4v) is 3.92. The largest absolute Gasteiger partial charge is 0.393 e. The predicted molar refractivity (Wildman–Crippen MR) is 72.1 cm³/mol. The maximum atomic E-state index is 9.60. The molecule has 1 heterocycles. The highest BCUT2D eigenvalue weighted by Crippen LogP contribution is 2.34. The maximum Gasteiger partial charge on any atom is 0.0527 e. The molecule has 100 valence electrons. The minimum atomic E-state index is -0.133. The summed E-state index contributed by atoms with van der Waals surface area (Å²) in [6, 6.07) is 1.48. The van der Waals surface area contributed by atoms with Crippen LogP contribution in [-0.2, 0) is 0 Å². The van der Waals surface area contributed by atoms with E-state index in [0.717, 1.165) is 18.4 Å². The average molecular weight is 239 g/mol. The molecule has 0 spiro atoms. The van der Waals surface area contributed by atoms with Crippen molar-refractivity contribution in [2.45, 2.75) is 83.4 Å². The summed E-state index contributed by atoms with van der Waals surface area (Å²) >= 11 is 0. The van der Waals surface area contributed by atoms with Crippen LogP contribution < -0.4 is 0 Å². The van der Waals surface area contributed by atoms with E-state index in [1.807, 2.05) is 6.92 Å². The van der Waals surface area contributed by atoms with E-state index in [2.05, 4.69) is 11.8 Å². The van der Waals surface area contributed by atoms with Crippen molar-refractivity contribution in [3.8, 4) is 0 Å². The van der Waals surface area contributed by atoms with E-state index in [0.29, 0.717) is 6.04 Å². The number of hydrogen-bond acceptors (Lipinski definition) is 2. The lowest BCUT2D eigenvalue weighted by atomic mass is 9.83. The number of likely N-dealkylation sites (tertiary alicyclic amines) is 1. The lowest BCUT2D eigenvalue weighted by Crippen LogP contribution is -2.42. The van der Waals surface area contributed by atoms with Crippen molar-refractivity contribution >= 4 is 0 Å². The van der Waals surface area contributed by atoms with Crippen molar-refractivity contribution in [3.05, 3.63) is 0 Å². The van der Waals surface area contributed by atoms with E-state index in [4.69, 9.17) is 0 Å². The van der Waals surface area contributed by atoms with Crippen LogP contribution in [-0.4, -0.2) is 34.7 Å². The van der Waals surface area contributed by atoms with Gasteiger partial charge in [-0.25, -0.2) is 0 Å². The number of rotatable bonds is 4. The first-order chi connectivity index (χ1) is 8.20. The van der Waals surface area contributed by atoms with Gasteiger partial charge in [0.2, 0.25) is 0 Å². The zero-order chi connectivity index (χ0) is 12.3. The molecule has 4 unspecified atom stereocenters. The SMILES string of the molecule is CCC1CCCC(N2CCCC2CC(C)O)C1. The van der Waals surface area contributed by atoms with Crippen molar-refractivity contribution in [1.29, 1.82) is 0 Å². The smallest absolute Gasteiger partial charge is 0.0527 e. The van der Waals surface area contributed by atoms with Gasteiger partial charge in [0.05, 0.1) is 6.10 Å². The summed E-state index contributed by atoms with van der Waals surface area (Å²) in [6.45, 7) is 5.55. The second-order valence-corrected chi connectivity index (χ2v) is 6.21. The Morgan fingerprint density at radius 2 is 2.06 bits per heavy atom. The molecule has 0 radical (unpaired) electrons. The highest BCUT2D eigenvalue weighted by molar-refractivity contribution is 4.88. The Balaban J connectivity index is 1.90. The second-order valence-electron chi connectivity index (χ2n) is 6.21. The Bertz CT molecular complexity index is 229. The van der Waals surface area contributed by atoms with Gasteiger partial charge in [-0.05, 0) is 51.5 Å². The van der Waals surface area contributed by atoms with Crippen molar-refractivity contribution < 1.29 is 5.11 Å². The molecule has 17 heavy (non-hydrogen) atoms. The van der Waals surface area contributed by atoms with Gasteiger partial charge in [-0.3, -0.25) is 4.90 Å². The zero-order valence-electron chi connectivity index (χ0n) is 11.6. The van der Waals surface area contributed by atoms with Crippen LogP contribution in [0.1, 0.15) is 65.2 Å². The highest BCUT2D eigenvalue weighted by Gasteiger charge is 2.33. The van der Waals surface area contributed by atoms with Gasteiger partial charge < -0.3 is 5.11 Å². The summed E-state index contributed by atoms with van der Waals surface area (Å²) in [6.07, 6.45) is 10.5. The Kier molecular flexibility index (Phi) is 4.87. The number of nitrogens with zero attached hydrogens (tertiary/aromatic N) is 1. The molecule has 1 saturated heterocycles. The van der Waals surface area contributed by atoms with E-state index >= 15 is 0 Å². The van der Waals surface area contributed by atoms with Crippen LogP contribution in [0.4, 0.5) is 0 Å². The van der Waals surface area contributed by atoms with Crippen LogP contribution in [0.15, 0.2) is 0 Å². The van der Waals surface area contributed by atoms with Gasteiger partial charge in [0, 0.05) is 12.1 Å². The molecule has 2 heteroatoms. The van der Waals surface area contributed by atoms with Gasteiger partial charge in [-0.15, -0.1) is 0 Å². The summed E-state index contributed by atoms with van der Waals surface area (Å²) in [5, 5.41) is 9.60. The van der Waals surface area contributed by atoms with Crippen molar-refractivity contribution in [2.24, 2.45) is 5.92 Å². The molecular formula is C15H29NO. The fourth-order valence-electron chi connectivity index (χ4n) is 3.92. The minimum absolute atomic E-state index is 0.133. The first-order valence-electron chi connectivity index (χ1n) is 7.64. The fraction of sp³-hybridized carbons (Fsp3) is 1.00. The molecule has 2 fully saturated rings. The third kappa shape index (κ3) is 3.45. The summed E-state index contributed by atoms with van der Waals surface area (Å²) in [4.78, 5) is 2.73. The molecule has 0 aromatic carbocycles. The monoisotopic (exact) mass is 239 g/mol. The summed E-state index contributed by atoms with van der Waals surface area (Å²) in [7, 11) is 0. The van der Waals surface area contributed by atoms with Crippen molar-refractivity contribution in [2.75, 3.05) is 6.54 Å². The second kappa shape index (κ2) is 6.19. The maximum absolute atomic E-state index is 9.60. The van der Waals surface area contributed by atoms with Crippen LogP contribution >= 0.6 is 0 Å². The zero-order valence-corrected chi connectivity index (χ0v) is 11.6. The average Bonchev–Trinajstić information content (AvgIpc) is 2.76. The van der Waals surface area contributed by atoms with Gasteiger partial charge in [0.25, 0.3) is 0 Å². The Morgan fingerprint density at radius 1 is 1.24 bits per heavy atom. The molecular weight excluding hydrogens is 210 g/mol. The molecule has 0 aromatic heterocycles. The molecule has 2 nitrogen and oxygen atoms in total. The predicted octanol–water partition coefficient (Wildman–Crippen LogP) is 3.19. The Labute approximate surface area is 106 Å². The van der Waals surface area contributed by atoms with Crippen molar-refractivity contribution in [1.82, 2.24) is 4.90 Å². The van der Waals surface area contributed by atoms with Gasteiger partial charge >= 0.3 is 0 Å². The molecule has 2 aliphatic rings. The van der Waals surface area contributed by atoms with Gasteiger partial charge in [-0.2, -0.15) is 0 Å². The molecule has 1 aliphatic carbocycles. The standard InChI is InChI=1S/C15H29NO/c1-3-13-6-4-7-15(11-13)16-9-5-8-14(16)10-12(2)17/h12-15,17H,3-11H2,1-2H3. The normalized spacial score (nSPS) is 37.2. The van der Waals surface area contributed by atoms with E-state index in [-0.39, 0.29) is 6.10 Å². The summed E-state index contributed by atoms with van der Waals surface area (Å²) in [5.41, 5.74) is 0. The molecule has 1 saturated carbocycles. The summed E-state index contributed by atoms with van der Waals surface area (Å²) in [5.74, 6) is 0.960. The Morgan fingerprint density at radius 3 is 2.76 bits per heavy atom. The number of aliphatic hydroxyl groups excluding tert-OH is 1. The Hall–Kier alpha value is -0.0800. The highest BCUT2D eigenvalue weighted by atomic mass is 16.3. The topological polar surface area (TPSA) is 23.5 Å². The van der Waals surface area contributed by atoms with Crippen LogP contribution in [0, 0.1) is 5.92 Å². The molecule has 0 bridgehead atoms. The molecule has 1 aliphatic heterocycles. The molecule has 0 aromatic rings. The van der Waals surface area contributed by atoms with Gasteiger partial charge in [0.15, 0.2) is 0 Å². The molecule has 2 rings (SSSR count). The first-order valence-corrected chi connectivity index (χ1v) is 7.64. The van der Waals surface area contributed by atoms with Crippen LogP contribution in [0.3, 0.4) is 0 Å².